The lowest BCUT2D eigenvalue weighted by Crippen LogP contribution is -2.36. The molecule has 12 heteroatoms. The summed E-state index contributed by atoms with van der Waals surface area (Å²) in [4.78, 5) is 31.3. The number of alkyl halides is 3. The molecule has 0 fully saturated rings. The highest BCUT2D eigenvalue weighted by atomic mass is 32.1. The molecule has 1 aliphatic heterocycles. The zero-order valence-corrected chi connectivity index (χ0v) is 24.8. The molecule has 3 heterocycles. The van der Waals surface area contributed by atoms with E-state index in [1.54, 1.807) is 20.8 Å². The average molecular weight is 587 g/mol. The Morgan fingerprint density at radius 3 is 2.41 bits per heavy atom. The number of hydrogen-bond donors (Lipinski definition) is 2. The van der Waals surface area contributed by atoms with Gasteiger partial charge in [0.05, 0.1) is 5.56 Å². The Labute approximate surface area is 235 Å². The molecule has 2 aromatic heterocycles. The van der Waals surface area contributed by atoms with E-state index in [1.807, 2.05) is 14.1 Å². The van der Waals surface area contributed by atoms with Gasteiger partial charge in [-0.05, 0) is 83.7 Å². The summed E-state index contributed by atoms with van der Waals surface area (Å²) >= 11 is 2.13. The highest BCUT2D eigenvalue weighted by molar-refractivity contribution is 7.17. The van der Waals surface area contributed by atoms with Gasteiger partial charge in [-0.3, -0.25) is 10.2 Å². The molecule has 2 N–H and O–H groups in total. The predicted molar refractivity (Wildman–Crippen MR) is 149 cm³/mol. The van der Waals surface area contributed by atoms with Crippen molar-refractivity contribution in [3.8, 4) is 0 Å². The normalized spacial score (nSPS) is 16.1. The number of amides is 2. The standard InChI is InChI=1S/C27H37F3N4O3S2/c1-26(2,3)37-24(35)21-17-8-6-7-9-19(17)39-23(21)32-25(36)31-14-18-16-10-11-34(13-12-33(4)5)15-20(16)38-22(18)27(28,29)30/h6-15H2,1-5H3,(H2,31,32,36). The van der Waals surface area contributed by atoms with Gasteiger partial charge in [0.1, 0.15) is 15.5 Å². The molecule has 0 saturated heterocycles. The van der Waals surface area contributed by atoms with Crippen molar-refractivity contribution >= 4 is 39.7 Å². The number of fused-ring (bicyclic) bond motifs is 2. The number of hydrogen-bond acceptors (Lipinski definition) is 7. The minimum Gasteiger partial charge on any atom is -0.456 e. The van der Waals surface area contributed by atoms with E-state index in [4.69, 9.17) is 4.74 Å². The van der Waals surface area contributed by atoms with Gasteiger partial charge in [0.15, 0.2) is 0 Å². The Bertz CT molecular complexity index is 1210. The molecule has 0 saturated carbocycles. The summed E-state index contributed by atoms with van der Waals surface area (Å²) < 4.78 is 47.5. The second kappa shape index (κ2) is 11.8. The van der Waals surface area contributed by atoms with E-state index in [9.17, 15) is 22.8 Å². The number of likely N-dealkylation sites (N-methyl/N-ethyl adjacent to an activating group) is 1. The van der Waals surface area contributed by atoms with Gasteiger partial charge in [0.25, 0.3) is 0 Å². The molecule has 2 aliphatic rings. The van der Waals surface area contributed by atoms with Crippen LogP contribution in [-0.2, 0) is 43.3 Å². The molecule has 0 bridgehead atoms. The summed E-state index contributed by atoms with van der Waals surface area (Å²) in [6.07, 6.45) is -0.495. The minimum absolute atomic E-state index is 0.141. The van der Waals surface area contributed by atoms with Crippen LogP contribution in [0.25, 0.3) is 0 Å². The SMILES string of the molecule is CN(C)CCN1CCc2c(sc(C(F)(F)F)c2CNC(=O)Nc2sc3c(c2C(=O)OC(C)(C)C)CCCC3)C1. The summed E-state index contributed by atoms with van der Waals surface area (Å²) in [5.74, 6) is -0.498. The molecule has 0 spiro atoms. The molecule has 0 aromatic carbocycles. The predicted octanol–water partition coefficient (Wildman–Crippen LogP) is 5.90. The first-order chi connectivity index (χ1) is 18.2. The fraction of sp³-hybridized carbons (Fsp3) is 0.630. The molecular weight excluding hydrogens is 549 g/mol. The number of urea groups is 1. The van der Waals surface area contributed by atoms with Crippen molar-refractivity contribution in [3.63, 3.8) is 0 Å². The van der Waals surface area contributed by atoms with Crippen molar-refractivity contribution in [1.82, 2.24) is 15.1 Å². The molecule has 0 radical (unpaired) electrons. The Morgan fingerprint density at radius 1 is 1.03 bits per heavy atom. The average Bonchev–Trinajstić information content (AvgIpc) is 3.37. The van der Waals surface area contributed by atoms with Crippen LogP contribution in [0.1, 0.15) is 75.3 Å². The molecule has 4 rings (SSSR count). The molecule has 2 aromatic rings. The maximum absolute atomic E-state index is 14.0. The van der Waals surface area contributed by atoms with Gasteiger partial charge in [0, 0.05) is 42.5 Å². The van der Waals surface area contributed by atoms with E-state index in [2.05, 4.69) is 20.4 Å². The minimum atomic E-state index is -4.50. The van der Waals surface area contributed by atoms with Crippen molar-refractivity contribution in [2.75, 3.05) is 39.0 Å². The summed E-state index contributed by atoms with van der Waals surface area (Å²) in [7, 11) is 3.94. The van der Waals surface area contributed by atoms with Crippen LogP contribution >= 0.6 is 22.7 Å². The van der Waals surface area contributed by atoms with Gasteiger partial charge in [-0.1, -0.05) is 0 Å². The van der Waals surface area contributed by atoms with Gasteiger partial charge in [-0.25, -0.2) is 9.59 Å². The summed E-state index contributed by atoms with van der Waals surface area (Å²) in [5.41, 5.74) is 1.40. The summed E-state index contributed by atoms with van der Waals surface area (Å²) in [6, 6.07) is -0.644. The number of esters is 1. The van der Waals surface area contributed by atoms with Crippen LogP contribution in [0.2, 0.25) is 0 Å². The lowest BCUT2D eigenvalue weighted by atomic mass is 9.95. The lowest BCUT2D eigenvalue weighted by Gasteiger charge is -2.28. The third-order valence-corrected chi connectivity index (χ3v) is 9.30. The molecule has 216 valence electrons. The van der Waals surface area contributed by atoms with Gasteiger partial charge in [-0.15, -0.1) is 22.7 Å². The van der Waals surface area contributed by atoms with E-state index in [0.717, 1.165) is 60.6 Å². The van der Waals surface area contributed by atoms with Crippen LogP contribution in [0.15, 0.2) is 0 Å². The van der Waals surface area contributed by atoms with Crippen molar-refractivity contribution in [2.45, 2.75) is 77.7 Å². The third kappa shape index (κ3) is 7.33. The number of thiophene rings is 2. The van der Waals surface area contributed by atoms with Crippen LogP contribution in [0, 0.1) is 0 Å². The quantitative estimate of drug-likeness (QED) is 0.395. The molecular formula is C27H37F3N4O3S2. The van der Waals surface area contributed by atoms with Crippen molar-refractivity contribution in [1.29, 1.82) is 0 Å². The Morgan fingerprint density at radius 2 is 1.74 bits per heavy atom. The van der Waals surface area contributed by atoms with E-state index in [-0.39, 0.29) is 12.1 Å². The highest BCUT2D eigenvalue weighted by Gasteiger charge is 2.39. The van der Waals surface area contributed by atoms with Crippen molar-refractivity contribution < 1.29 is 27.5 Å². The number of ether oxygens (including phenoxy) is 1. The van der Waals surface area contributed by atoms with E-state index in [1.165, 1.54) is 11.3 Å². The topological polar surface area (TPSA) is 73.9 Å². The summed E-state index contributed by atoms with van der Waals surface area (Å²) in [5, 5.41) is 5.76. The van der Waals surface area contributed by atoms with Gasteiger partial charge in [-0.2, -0.15) is 13.2 Å². The molecule has 0 unspecified atom stereocenters. The molecule has 1 aliphatic carbocycles. The largest absolute Gasteiger partial charge is 0.456 e. The lowest BCUT2D eigenvalue weighted by molar-refractivity contribution is -0.135. The second-order valence-corrected chi connectivity index (χ2v) is 13.6. The molecule has 7 nitrogen and oxygen atoms in total. The molecule has 0 atom stereocenters. The number of nitrogens with one attached hydrogen (secondary N) is 2. The summed E-state index contributed by atoms with van der Waals surface area (Å²) in [6.45, 7) is 7.87. The van der Waals surface area contributed by atoms with Gasteiger partial charge < -0.3 is 15.0 Å². The zero-order valence-electron chi connectivity index (χ0n) is 23.1. The smallest absolute Gasteiger partial charge is 0.425 e. The maximum Gasteiger partial charge on any atom is 0.425 e. The fourth-order valence-corrected chi connectivity index (χ4v) is 7.53. The van der Waals surface area contributed by atoms with Crippen molar-refractivity contribution in [2.24, 2.45) is 0 Å². The number of anilines is 1. The van der Waals surface area contributed by atoms with Crippen LogP contribution in [0.4, 0.5) is 23.0 Å². The number of rotatable bonds is 7. The Kier molecular flexibility index (Phi) is 8.99. The molecule has 2 amide bonds. The fourth-order valence-electron chi connectivity index (χ4n) is 4.99. The first kappa shape index (κ1) is 29.8. The van der Waals surface area contributed by atoms with Crippen molar-refractivity contribution in [3.05, 3.63) is 36.9 Å². The number of halogens is 3. The first-order valence-corrected chi connectivity index (χ1v) is 14.9. The van der Waals surface area contributed by atoms with Crippen LogP contribution in [0.5, 0.6) is 0 Å². The van der Waals surface area contributed by atoms with Gasteiger partial charge in [0.2, 0.25) is 0 Å². The monoisotopic (exact) mass is 586 g/mol. The van der Waals surface area contributed by atoms with Crippen LogP contribution in [-0.4, -0.2) is 61.1 Å². The second-order valence-electron chi connectivity index (χ2n) is 11.4. The number of nitrogens with zero attached hydrogens (tertiary/aromatic N) is 2. The number of carbonyl (C=O) groups is 2. The maximum atomic E-state index is 14.0. The number of aryl methyl sites for hydroxylation is 1. The van der Waals surface area contributed by atoms with E-state index >= 15 is 0 Å². The van der Waals surface area contributed by atoms with E-state index < -0.39 is 28.7 Å². The van der Waals surface area contributed by atoms with Crippen LogP contribution < -0.4 is 10.6 Å². The third-order valence-electron chi connectivity index (χ3n) is 6.79. The number of carbonyl (C=O) groups excluding carboxylic acids is 2. The molecule has 39 heavy (non-hydrogen) atoms. The highest BCUT2D eigenvalue weighted by Crippen LogP contribution is 2.43. The van der Waals surface area contributed by atoms with Crippen LogP contribution in [0.3, 0.4) is 0 Å². The Balaban J connectivity index is 1.51. The zero-order chi connectivity index (χ0) is 28.5. The van der Waals surface area contributed by atoms with Gasteiger partial charge >= 0.3 is 18.2 Å². The first-order valence-electron chi connectivity index (χ1n) is 13.2. The van der Waals surface area contributed by atoms with E-state index in [0.29, 0.717) is 40.5 Å². The Hall–Kier alpha value is -2.15.